The van der Waals surface area contributed by atoms with Crippen LogP contribution in [0.2, 0.25) is 0 Å². The van der Waals surface area contributed by atoms with Gasteiger partial charge in [-0.15, -0.1) is 35.3 Å². The number of amides is 1. The number of halogens is 1. The molecule has 2 aliphatic heterocycles. The lowest BCUT2D eigenvalue weighted by Gasteiger charge is -2.35. The molecular formula is C22H32IN7OS. The summed E-state index contributed by atoms with van der Waals surface area (Å²) in [6.07, 6.45) is 3.76. The molecular weight excluding hydrogens is 537 g/mol. The fraction of sp³-hybridized carbons (Fsp3) is 0.500. The van der Waals surface area contributed by atoms with Gasteiger partial charge in [-0.05, 0) is 30.5 Å². The fourth-order valence-electron chi connectivity index (χ4n) is 4.29. The van der Waals surface area contributed by atoms with Crippen molar-refractivity contribution in [2.24, 2.45) is 22.4 Å². The van der Waals surface area contributed by atoms with E-state index in [1.165, 1.54) is 5.56 Å². The molecule has 2 aliphatic rings. The zero-order valence-electron chi connectivity index (χ0n) is 18.2. The number of aromatic nitrogens is 1. The van der Waals surface area contributed by atoms with Crippen LogP contribution in [0.5, 0.6) is 0 Å². The molecule has 1 amide bonds. The van der Waals surface area contributed by atoms with Gasteiger partial charge in [0.2, 0.25) is 5.91 Å². The van der Waals surface area contributed by atoms with Gasteiger partial charge in [0.15, 0.2) is 11.1 Å². The highest BCUT2D eigenvalue weighted by Gasteiger charge is 2.24. The van der Waals surface area contributed by atoms with Gasteiger partial charge in [-0.1, -0.05) is 24.3 Å². The maximum absolute atomic E-state index is 11.5. The molecule has 10 heteroatoms. The molecule has 4 N–H and O–H groups in total. The third-order valence-electron chi connectivity index (χ3n) is 6.02. The molecule has 2 fully saturated rings. The van der Waals surface area contributed by atoms with Crippen molar-refractivity contribution in [1.29, 1.82) is 0 Å². The molecule has 8 nitrogen and oxygen atoms in total. The number of carbonyl (C=O) groups excluding carboxylic acids is 1. The molecule has 1 atom stereocenters. The highest BCUT2D eigenvalue weighted by molar-refractivity contribution is 14.0. The van der Waals surface area contributed by atoms with Crippen molar-refractivity contribution in [2.75, 3.05) is 44.2 Å². The van der Waals surface area contributed by atoms with Crippen LogP contribution in [-0.2, 0) is 17.9 Å². The molecule has 32 heavy (non-hydrogen) atoms. The van der Waals surface area contributed by atoms with Gasteiger partial charge in [-0.25, -0.2) is 9.98 Å². The smallest absolute Gasteiger partial charge is 0.221 e. The van der Waals surface area contributed by atoms with E-state index < -0.39 is 0 Å². The lowest BCUT2D eigenvalue weighted by molar-refractivity contribution is -0.123. The van der Waals surface area contributed by atoms with E-state index in [-0.39, 0.29) is 35.8 Å². The van der Waals surface area contributed by atoms with Crippen LogP contribution in [0, 0.1) is 5.92 Å². The largest absolute Gasteiger partial charge is 0.370 e. The van der Waals surface area contributed by atoms with E-state index in [1.807, 2.05) is 11.6 Å². The Morgan fingerprint density at radius 2 is 1.94 bits per heavy atom. The molecule has 0 radical (unpaired) electrons. The monoisotopic (exact) mass is 569 g/mol. The number of nitrogens with two attached hydrogens (primary N) is 2. The third kappa shape index (κ3) is 6.55. The number of primary amides is 1. The second kappa shape index (κ2) is 11.8. The number of rotatable bonds is 6. The number of anilines is 1. The molecule has 0 bridgehead atoms. The van der Waals surface area contributed by atoms with Crippen molar-refractivity contribution < 1.29 is 4.79 Å². The molecule has 0 saturated carbocycles. The van der Waals surface area contributed by atoms with E-state index in [2.05, 4.69) is 48.9 Å². The Morgan fingerprint density at radius 3 is 2.66 bits per heavy atom. The van der Waals surface area contributed by atoms with Gasteiger partial charge in [0.25, 0.3) is 0 Å². The van der Waals surface area contributed by atoms with Crippen molar-refractivity contribution in [3.63, 3.8) is 0 Å². The zero-order valence-corrected chi connectivity index (χ0v) is 21.4. The van der Waals surface area contributed by atoms with Crippen LogP contribution in [-0.4, -0.2) is 65.9 Å². The van der Waals surface area contributed by atoms with Crippen molar-refractivity contribution in [3.05, 3.63) is 47.0 Å². The minimum atomic E-state index is -0.184. The summed E-state index contributed by atoms with van der Waals surface area (Å²) in [6, 6.07) is 8.47. The molecule has 1 aromatic carbocycles. The quantitative estimate of drug-likeness (QED) is 0.314. The standard InChI is InChI=1S/C22H31N7OS.HI/c23-20(30)19-5-2-7-27(16-19)15-18-4-1-3-17(13-18)14-26-21(24)28-8-10-29(11-9-28)22-25-6-12-31-22;/h1,3-4,6,12-13,19H,2,5,7-11,14-16H2,(H2,23,30)(H2,24,26);1H. The van der Waals surface area contributed by atoms with Crippen LogP contribution < -0.4 is 16.4 Å². The van der Waals surface area contributed by atoms with Crippen LogP contribution in [0.25, 0.3) is 0 Å². The molecule has 174 valence electrons. The minimum Gasteiger partial charge on any atom is -0.370 e. The Bertz CT molecular complexity index is 899. The van der Waals surface area contributed by atoms with Gasteiger partial charge in [-0.2, -0.15) is 0 Å². The summed E-state index contributed by atoms with van der Waals surface area (Å²) in [5.74, 6) is 0.387. The topological polar surface area (TPSA) is 104 Å². The summed E-state index contributed by atoms with van der Waals surface area (Å²) in [6.45, 7) is 6.66. The zero-order chi connectivity index (χ0) is 21.6. The number of likely N-dealkylation sites (tertiary alicyclic amines) is 1. The second-order valence-electron chi connectivity index (χ2n) is 8.26. The summed E-state index contributed by atoms with van der Waals surface area (Å²) in [7, 11) is 0. The van der Waals surface area contributed by atoms with Crippen LogP contribution >= 0.6 is 35.3 Å². The average Bonchev–Trinajstić information content (AvgIpc) is 3.33. The Balaban J connectivity index is 0.00000289. The Labute approximate surface area is 210 Å². The number of piperazine rings is 1. The number of guanidine groups is 1. The first-order valence-corrected chi connectivity index (χ1v) is 11.8. The maximum Gasteiger partial charge on any atom is 0.221 e. The first-order valence-electron chi connectivity index (χ1n) is 10.9. The number of thiazole rings is 1. The summed E-state index contributed by atoms with van der Waals surface area (Å²) in [4.78, 5) is 27.3. The van der Waals surface area contributed by atoms with Gasteiger partial charge >= 0.3 is 0 Å². The number of hydrogen-bond acceptors (Lipinski definition) is 6. The Kier molecular flexibility index (Phi) is 9.11. The van der Waals surface area contributed by atoms with Gasteiger partial charge in [0.05, 0.1) is 12.5 Å². The van der Waals surface area contributed by atoms with Crippen molar-refractivity contribution >= 4 is 52.3 Å². The van der Waals surface area contributed by atoms with E-state index in [9.17, 15) is 4.79 Å². The number of carbonyl (C=O) groups is 1. The summed E-state index contributed by atoms with van der Waals surface area (Å²) in [5.41, 5.74) is 14.2. The predicted molar refractivity (Wildman–Crippen MR) is 140 cm³/mol. The van der Waals surface area contributed by atoms with Crippen LogP contribution in [0.3, 0.4) is 0 Å². The lowest BCUT2D eigenvalue weighted by Crippen LogP contribution is -2.51. The molecule has 2 aromatic rings. The highest BCUT2D eigenvalue weighted by atomic mass is 127. The Morgan fingerprint density at radius 1 is 1.16 bits per heavy atom. The summed E-state index contributed by atoms with van der Waals surface area (Å²) in [5, 5.41) is 3.08. The first-order chi connectivity index (χ1) is 15.1. The normalized spacial score (nSPS) is 20.1. The lowest BCUT2D eigenvalue weighted by atomic mass is 9.97. The van der Waals surface area contributed by atoms with Gasteiger partial charge in [0, 0.05) is 50.8 Å². The number of nitrogens with zero attached hydrogens (tertiary/aromatic N) is 5. The SMILES string of the molecule is I.NC(=O)C1CCCN(Cc2cccc(CN=C(N)N3CCN(c4nccs4)CC3)c2)C1. The van der Waals surface area contributed by atoms with Crippen molar-refractivity contribution in [2.45, 2.75) is 25.9 Å². The van der Waals surface area contributed by atoms with Crippen LogP contribution in [0.4, 0.5) is 5.13 Å². The molecule has 0 aliphatic carbocycles. The van der Waals surface area contributed by atoms with E-state index in [0.29, 0.717) is 12.5 Å². The maximum atomic E-state index is 11.5. The van der Waals surface area contributed by atoms with E-state index in [4.69, 9.17) is 11.5 Å². The van der Waals surface area contributed by atoms with E-state index in [1.54, 1.807) is 11.3 Å². The van der Waals surface area contributed by atoms with Crippen molar-refractivity contribution in [3.8, 4) is 0 Å². The average molecular weight is 570 g/mol. The molecule has 1 unspecified atom stereocenters. The van der Waals surface area contributed by atoms with Crippen LogP contribution in [0.15, 0.2) is 40.8 Å². The van der Waals surface area contributed by atoms with E-state index in [0.717, 1.165) is 69.3 Å². The van der Waals surface area contributed by atoms with Gasteiger partial charge in [0.1, 0.15) is 0 Å². The number of benzene rings is 1. The molecule has 1 aromatic heterocycles. The number of aliphatic imine (C=N–C) groups is 1. The summed E-state index contributed by atoms with van der Waals surface area (Å²) < 4.78 is 0. The second-order valence-corrected chi connectivity index (χ2v) is 9.13. The van der Waals surface area contributed by atoms with Crippen molar-refractivity contribution in [1.82, 2.24) is 14.8 Å². The first kappa shape index (κ1) is 24.7. The van der Waals surface area contributed by atoms with E-state index >= 15 is 0 Å². The molecule has 3 heterocycles. The molecule has 0 spiro atoms. The third-order valence-corrected chi connectivity index (χ3v) is 6.85. The van der Waals surface area contributed by atoms with Gasteiger partial charge in [-0.3, -0.25) is 9.69 Å². The predicted octanol–water partition coefficient (Wildman–Crippen LogP) is 2.10. The number of piperidine rings is 1. The summed E-state index contributed by atoms with van der Waals surface area (Å²) >= 11 is 1.67. The highest BCUT2D eigenvalue weighted by Crippen LogP contribution is 2.20. The fourth-order valence-corrected chi connectivity index (χ4v) is 4.98. The number of hydrogen-bond donors (Lipinski definition) is 2. The Hall–Kier alpha value is -1.92. The van der Waals surface area contributed by atoms with Gasteiger partial charge < -0.3 is 21.3 Å². The minimum absolute atomic E-state index is 0. The molecule has 2 saturated heterocycles. The van der Waals surface area contributed by atoms with Crippen LogP contribution in [0.1, 0.15) is 24.0 Å². The molecule has 4 rings (SSSR count).